The minimum Gasteiger partial charge on any atom is -0.497 e. The Morgan fingerprint density at radius 3 is 2.49 bits per heavy atom. The second kappa shape index (κ2) is 14.1. The maximum atomic E-state index is 15.2. The summed E-state index contributed by atoms with van der Waals surface area (Å²) in [5.74, 6) is -1.11. The first-order valence-electron chi connectivity index (χ1n) is 13.7. The summed E-state index contributed by atoms with van der Waals surface area (Å²) in [7, 11) is 1.55. The van der Waals surface area contributed by atoms with E-state index >= 15 is 4.39 Å². The van der Waals surface area contributed by atoms with Crippen LogP contribution in [0.15, 0.2) is 83.8 Å². The van der Waals surface area contributed by atoms with E-state index in [0.29, 0.717) is 33.8 Å². The highest BCUT2D eigenvalue weighted by Gasteiger charge is 2.25. The number of esters is 1. The Labute approximate surface area is 263 Å². The lowest BCUT2D eigenvalue weighted by molar-refractivity contribution is -0.147. The van der Waals surface area contributed by atoms with Gasteiger partial charge in [-0.2, -0.15) is 0 Å². The fourth-order valence-corrected chi connectivity index (χ4v) is 4.80. The first kappa shape index (κ1) is 32.7. The average Bonchev–Trinajstić information content (AvgIpc) is 3.26. The normalized spacial score (nSPS) is 11.4. The number of methoxy groups -OCH3 is 1. The highest BCUT2D eigenvalue weighted by molar-refractivity contribution is 6.05. The third-order valence-corrected chi connectivity index (χ3v) is 6.87. The van der Waals surface area contributed by atoms with E-state index in [1.165, 1.54) is 16.8 Å². The Morgan fingerprint density at radius 1 is 1.04 bits per heavy atom. The quantitative estimate of drug-likeness (QED) is 0.204. The fraction of sp³-hybridized carbons (Fsp3) is 0.188. The summed E-state index contributed by atoms with van der Waals surface area (Å²) < 4.78 is 34.5. The molecule has 3 aromatic carbocycles. The molecule has 1 atom stereocenters. The van der Waals surface area contributed by atoms with Crippen molar-refractivity contribution in [3.63, 3.8) is 0 Å². The van der Waals surface area contributed by atoms with Crippen LogP contribution in [0.2, 0.25) is 0 Å². The van der Waals surface area contributed by atoms with Crippen LogP contribution in [-0.2, 0) is 16.1 Å². The van der Waals surface area contributed by atoms with Crippen LogP contribution >= 0.6 is 12.4 Å². The number of carbonyl (C=O) groups excluding carboxylic acids is 2. The molecule has 0 spiro atoms. The first-order chi connectivity index (χ1) is 21.2. The lowest BCUT2D eigenvalue weighted by atomic mass is 10.2. The third kappa shape index (κ3) is 6.97. The highest BCUT2D eigenvalue weighted by atomic mass is 35.5. The molecule has 234 valence electrons. The van der Waals surface area contributed by atoms with E-state index in [-0.39, 0.29) is 42.5 Å². The predicted molar refractivity (Wildman–Crippen MR) is 169 cm³/mol. The van der Waals surface area contributed by atoms with Gasteiger partial charge in [0.15, 0.2) is 11.6 Å². The molecule has 1 amide bonds. The van der Waals surface area contributed by atoms with Crippen molar-refractivity contribution in [1.29, 1.82) is 0 Å². The zero-order valence-electron chi connectivity index (χ0n) is 24.7. The Bertz CT molecular complexity index is 1910. The Morgan fingerprint density at radius 2 is 1.80 bits per heavy atom. The largest absolute Gasteiger partial charge is 0.497 e. The molecular weight excluding hydrogens is 605 g/mol. The molecule has 0 saturated carbocycles. The number of amides is 1. The number of aromatic nitrogens is 3. The summed E-state index contributed by atoms with van der Waals surface area (Å²) in [5, 5.41) is 3.27. The molecule has 0 saturated heterocycles. The molecule has 2 heterocycles. The van der Waals surface area contributed by atoms with Gasteiger partial charge in [0.2, 0.25) is 0 Å². The molecule has 5 aromatic rings. The van der Waals surface area contributed by atoms with Gasteiger partial charge in [-0.3, -0.25) is 24.0 Å². The van der Waals surface area contributed by atoms with Crippen LogP contribution in [0.25, 0.3) is 16.6 Å². The van der Waals surface area contributed by atoms with Crippen molar-refractivity contribution in [3.8, 4) is 22.9 Å². The van der Waals surface area contributed by atoms with E-state index in [1.54, 1.807) is 86.4 Å². The van der Waals surface area contributed by atoms with Gasteiger partial charge in [0, 0.05) is 29.4 Å². The summed E-state index contributed by atoms with van der Waals surface area (Å²) in [6.45, 7) is 3.05. The van der Waals surface area contributed by atoms with Gasteiger partial charge in [-0.1, -0.05) is 18.2 Å². The summed E-state index contributed by atoms with van der Waals surface area (Å²) in [6.07, 6.45) is 0.895. The Kier molecular flexibility index (Phi) is 10.2. The Hall–Kier alpha value is -5.20. The molecule has 2 aromatic heterocycles. The lowest BCUT2D eigenvalue weighted by Gasteiger charge is -2.18. The molecular formula is C32H31ClFN5O6. The number of nitrogens with one attached hydrogen (secondary N) is 1. The van der Waals surface area contributed by atoms with E-state index < -0.39 is 29.4 Å². The van der Waals surface area contributed by atoms with Gasteiger partial charge < -0.3 is 25.3 Å². The predicted octanol–water partition coefficient (Wildman–Crippen LogP) is 5.00. The maximum absolute atomic E-state index is 15.2. The topological polar surface area (TPSA) is 140 Å². The molecule has 11 nitrogen and oxygen atoms in total. The monoisotopic (exact) mass is 635 g/mol. The minimum absolute atomic E-state index is 0. The number of anilines is 1. The van der Waals surface area contributed by atoms with Gasteiger partial charge in [0.1, 0.15) is 23.2 Å². The number of fused-ring (bicyclic) bond motifs is 1. The molecule has 0 aliphatic rings. The molecule has 0 fully saturated rings. The van der Waals surface area contributed by atoms with E-state index in [1.807, 2.05) is 0 Å². The second-order valence-electron chi connectivity index (χ2n) is 9.89. The van der Waals surface area contributed by atoms with Crippen molar-refractivity contribution in [2.24, 2.45) is 5.73 Å². The van der Waals surface area contributed by atoms with Crippen molar-refractivity contribution in [2.45, 2.75) is 26.5 Å². The molecule has 0 bridgehead atoms. The van der Waals surface area contributed by atoms with Gasteiger partial charge in [0.05, 0.1) is 37.1 Å². The number of pyridine rings is 1. The number of benzene rings is 3. The molecule has 3 N–H and O–H groups in total. The van der Waals surface area contributed by atoms with Crippen molar-refractivity contribution >= 4 is 40.9 Å². The van der Waals surface area contributed by atoms with Crippen molar-refractivity contribution < 1.29 is 28.2 Å². The number of halogens is 2. The first-order valence-corrected chi connectivity index (χ1v) is 13.7. The molecule has 45 heavy (non-hydrogen) atoms. The Balaban J connectivity index is 0.00000461. The maximum Gasteiger partial charge on any atom is 0.320 e. The number of ether oxygens (including phenoxy) is 3. The summed E-state index contributed by atoms with van der Waals surface area (Å²) >= 11 is 0. The van der Waals surface area contributed by atoms with Crippen LogP contribution < -0.4 is 26.1 Å². The molecule has 13 heteroatoms. The van der Waals surface area contributed by atoms with E-state index in [9.17, 15) is 14.4 Å². The summed E-state index contributed by atoms with van der Waals surface area (Å²) in [4.78, 5) is 43.1. The van der Waals surface area contributed by atoms with Crippen LogP contribution in [0.3, 0.4) is 0 Å². The molecule has 1 unspecified atom stereocenters. The van der Waals surface area contributed by atoms with E-state index in [0.717, 1.165) is 6.07 Å². The van der Waals surface area contributed by atoms with Gasteiger partial charge in [-0.05, 0) is 56.3 Å². The van der Waals surface area contributed by atoms with Crippen LogP contribution in [0, 0.1) is 12.7 Å². The SMILES string of the molecule is COc1ccc2c(Oc3ccc(NC(=O)c4c(C)n(CC(C)OC(=O)CN)n(-c5ccccc5)c4=O)cc3F)ccnc2c1.Cl. The average molecular weight is 636 g/mol. The van der Waals surface area contributed by atoms with Crippen LogP contribution in [0.1, 0.15) is 23.0 Å². The summed E-state index contributed by atoms with van der Waals surface area (Å²) in [5.41, 5.74) is 6.19. The molecule has 0 aliphatic carbocycles. The van der Waals surface area contributed by atoms with E-state index in [2.05, 4.69) is 10.3 Å². The molecule has 5 rings (SSSR count). The smallest absolute Gasteiger partial charge is 0.320 e. The zero-order chi connectivity index (χ0) is 31.4. The number of nitrogens with two attached hydrogens (primary N) is 1. The number of para-hydroxylation sites is 1. The van der Waals surface area contributed by atoms with Gasteiger partial charge in [0.25, 0.3) is 11.5 Å². The minimum atomic E-state index is -0.732. The van der Waals surface area contributed by atoms with Crippen molar-refractivity contribution in [2.75, 3.05) is 19.0 Å². The molecule has 0 aliphatic heterocycles. The number of nitrogens with zero attached hydrogens (tertiary/aromatic N) is 3. The van der Waals surface area contributed by atoms with Gasteiger partial charge in [-0.15, -0.1) is 12.4 Å². The fourth-order valence-electron chi connectivity index (χ4n) is 4.80. The van der Waals surface area contributed by atoms with Crippen LogP contribution in [0.4, 0.5) is 10.1 Å². The highest BCUT2D eigenvalue weighted by Crippen LogP contribution is 2.33. The zero-order valence-corrected chi connectivity index (χ0v) is 25.5. The number of carbonyl (C=O) groups is 2. The summed E-state index contributed by atoms with van der Waals surface area (Å²) in [6, 6.07) is 19.6. The number of hydrogen-bond acceptors (Lipinski definition) is 8. The van der Waals surface area contributed by atoms with Gasteiger partial charge in [-0.25, -0.2) is 9.07 Å². The van der Waals surface area contributed by atoms with Crippen molar-refractivity contribution in [1.82, 2.24) is 14.3 Å². The van der Waals surface area contributed by atoms with Crippen LogP contribution in [0.5, 0.6) is 17.2 Å². The second-order valence-corrected chi connectivity index (χ2v) is 9.89. The standard InChI is InChI=1S/C32H30FN5O6.ClH/c1-19(43-29(39)17-34)18-37-20(2)30(32(41)38(37)22-7-5-4-6-8-22)31(40)36-21-9-12-28(25(33)15-21)44-27-13-14-35-26-16-23(42-3)10-11-24(26)27;/h4-16,19H,17-18,34H2,1-3H3,(H,36,40);1H. The van der Waals surface area contributed by atoms with Crippen molar-refractivity contribution in [3.05, 3.63) is 106 Å². The van der Waals surface area contributed by atoms with Crippen LogP contribution in [-0.4, -0.2) is 46.0 Å². The van der Waals surface area contributed by atoms with Gasteiger partial charge >= 0.3 is 5.97 Å². The third-order valence-electron chi connectivity index (χ3n) is 6.87. The number of hydrogen-bond donors (Lipinski definition) is 2. The van der Waals surface area contributed by atoms with E-state index in [4.69, 9.17) is 19.9 Å². The molecule has 0 radical (unpaired) electrons. The number of rotatable bonds is 10. The lowest BCUT2D eigenvalue weighted by Crippen LogP contribution is -2.30.